The van der Waals surface area contributed by atoms with Crippen molar-refractivity contribution in [2.24, 2.45) is 5.73 Å². The van der Waals surface area contributed by atoms with Gasteiger partial charge in [-0.2, -0.15) is 4.98 Å². The highest BCUT2D eigenvalue weighted by molar-refractivity contribution is 5.91. The molecule has 6 nitrogen and oxygen atoms in total. The second-order valence-corrected chi connectivity index (χ2v) is 8.21. The quantitative estimate of drug-likeness (QED) is 0.416. The van der Waals surface area contributed by atoms with Gasteiger partial charge < -0.3 is 20.9 Å². The van der Waals surface area contributed by atoms with E-state index in [1.807, 2.05) is 6.07 Å². The summed E-state index contributed by atoms with van der Waals surface area (Å²) >= 11 is 0. The first-order valence-corrected chi connectivity index (χ1v) is 11.5. The Morgan fingerprint density at radius 2 is 1.70 bits per heavy atom. The summed E-state index contributed by atoms with van der Waals surface area (Å²) in [6.45, 7) is 3.83. The van der Waals surface area contributed by atoms with Crippen LogP contribution in [-0.4, -0.2) is 41.1 Å². The predicted molar refractivity (Wildman–Crippen MR) is 126 cm³/mol. The summed E-state index contributed by atoms with van der Waals surface area (Å²) in [5, 5.41) is 3.47. The van der Waals surface area contributed by atoms with Crippen LogP contribution in [0.5, 0.6) is 0 Å². The Bertz CT molecular complexity index is 914. The summed E-state index contributed by atoms with van der Waals surface area (Å²) < 4.78 is 0. The highest BCUT2D eigenvalue weighted by Crippen LogP contribution is 2.31. The molecular formula is C24H34N6. The minimum Gasteiger partial charge on any atom is -0.355 e. The van der Waals surface area contributed by atoms with Crippen LogP contribution in [0, 0.1) is 0 Å². The molecule has 0 atom stereocenters. The normalized spacial score (nSPS) is 14.4. The first-order chi connectivity index (χ1) is 14.8. The first kappa shape index (κ1) is 20.7. The van der Waals surface area contributed by atoms with Crippen LogP contribution >= 0.6 is 0 Å². The zero-order chi connectivity index (χ0) is 20.6. The molecule has 160 valence electrons. The van der Waals surface area contributed by atoms with E-state index in [1.54, 1.807) is 0 Å². The van der Waals surface area contributed by atoms with Crippen molar-refractivity contribution in [1.29, 1.82) is 0 Å². The highest BCUT2D eigenvalue weighted by atomic mass is 15.2. The lowest BCUT2D eigenvalue weighted by Gasteiger charge is -2.28. The van der Waals surface area contributed by atoms with Gasteiger partial charge in [0.25, 0.3) is 0 Å². The van der Waals surface area contributed by atoms with Gasteiger partial charge in [0.1, 0.15) is 5.52 Å². The van der Waals surface area contributed by atoms with Gasteiger partial charge in [-0.3, -0.25) is 0 Å². The maximum Gasteiger partial charge on any atom is 0.225 e. The van der Waals surface area contributed by atoms with E-state index in [9.17, 15) is 0 Å². The van der Waals surface area contributed by atoms with Crippen molar-refractivity contribution in [3.8, 4) is 11.3 Å². The number of benzene rings is 1. The molecule has 2 aromatic heterocycles. The Hall–Kier alpha value is -2.60. The maximum absolute atomic E-state index is 5.57. The van der Waals surface area contributed by atoms with Gasteiger partial charge in [0.15, 0.2) is 5.82 Å². The summed E-state index contributed by atoms with van der Waals surface area (Å²) in [6.07, 6.45) is 9.71. The van der Waals surface area contributed by atoms with Gasteiger partial charge in [-0.25, -0.2) is 4.98 Å². The fourth-order valence-corrected chi connectivity index (χ4v) is 4.18. The number of piperidine rings is 1. The smallest absolute Gasteiger partial charge is 0.225 e. The van der Waals surface area contributed by atoms with E-state index in [0.717, 1.165) is 67.5 Å². The maximum atomic E-state index is 5.57. The molecule has 30 heavy (non-hydrogen) atoms. The summed E-state index contributed by atoms with van der Waals surface area (Å²) in [5.41, 5.74) is 9.86. The van der Waals surface area contributed by atoms with Gasteiger partial charge in [0.2, 0.25) is 5.95 Å². The third-order valence-electron chi connectivity index (χ3n) is 5.86. The van der Waals surface area contributed by atoms with Crippen molar-refractivity contribution in [2.75, 3.05) is 36.4 Å². The molecule has 1 saturated heterocycles. The number of unbranched alkanes of at least 4 members (excludes halogenated alkanes) is 4. The van der Waals surface area contributed by atoms with Crippen LogP contribution in [0.3, 0.4) is 0 Å². The average Bonchev–Trinajstić information content (AvgIpc) is 3.23. The van der Waals surface area contributed by atoms with E-state index in [1.165, 1.54) is 44.1 Å². The van der Waals surface area contributed by atoms with E-state index in [2.05, 4.69) is 45.5 Å². The molecular weight excluding hydrogens is 372 g/mol. The van der Waals surface area contributed by atoms with Gasteiger partial charge in [0.05, 0.1) is 5.52 Å². The lowest BCUT2D eigenvalue weighted by Crippen LogP contribution is -2.30. The van der Waals surface area contributed by atoms with E-state index in [0.29, 0.717) is 0 Å². The van der Waals surface area contributed by atoms with Crippen LogP contribution in [-0.2, 0) is 0 Å². The number of H-pyrrole nitrogens is 1. The van der Waals surface area contributed by atoms with Crippen molar-refractivity contribution in [1.82, 2.24) is 15.0 Å². The Morgan fingerprint density at radius 1 is 0.933 bits per heavy atom. The number of hydrogen-bond donors (Lipinski definition) is 3. The largest absolute Gasteiger partial charge is 0.355 e. The van der Waals surface area contributed by atoms with Crippen LogP contribution in [0.25, 0.3) is 22.3 Å². The molecule has 1 aromatic carbocycles. The van der Waals surface area contributed by atoms with Crippen LogP contribution < -0.4 is 16.0 Å². The van der Waals surface area contributed by atoms with Gasteiger partial charge in [-0.1, -0.05) is 49.6 Å². The van der Waals surface area contributed by atoms with Gasteiger partial charge >= 0.3 is 0 Å². The molecule has 0 bridgehead atoms. The summed E-state index contributed by atoms with van der Waals surface area (Å²) in [4.78, 5) is 15.8. The third kappa shape index (κ3) is 5.11. The number of anilines is 2. The third-order valence-corrected chi connectivity index (χ3v) is 5.86. The molecule has 0 saturated carbocycles. The monoisotopic (exact) mass is 406 g/mol. The number of nitrogens with zero attached hydrogens (tertiary/aromatic N) is 3. The molecule has 1 aliphatic heterocycles. The molecule has 0 unspecified atom stereocenters. The molecule has 4 N–H and O–H groups in total. The zero-order valence-electron chi connectivity index (χ0n) is 17.9. The Balaban J connectivity index is 1.53. The molecule has 0 aliphatic carbocycles. The molecule has 3 aromatic rings. The summed E-state index contributed by atoms with van der Waals surface area (Å²) in [5.74, 6) is 1.77. The summed E-state index contributed by atoms with van der Waals surface area (Å²) in [7, 11) is 0. The minimum atomic E-state index is 0.739. The topological polar surface area (TPSA) is 82.9 Å². The number of fused-ring (bicyclic) bond motifs is 1. The van der Waals surface area contributed by atoms with Gasteiger partial charge in [-0.05, 0) is 50.3 Å². The minimum absolute atomic E-state index is 0.739. The lowest BCUT2D eigenvalue weighted by atomic mass is 10.1. The fraction of sp³-hybridized carbons (Fsp3) is 0.500. The molecule has 6 heteroatoms. The van der Waals surface area contributed by atoms with E-state index >= 15 is 0 Å². The van der Waals surface area contributed by atoms with Crippen molar-refractivity contribution in [3.05, 3.63) is 36.4 Å². The van der Waals surface area contributed by atoms with Crippen LogP contribution in [0.1, 0.15) is 51.4 Å². The first-order valence-electron chi connectivity index (χ1n) is 11.5. The number of nitrogens with two attached hydrogens (primary N) is 1. The Labute approximate surface area is 179 Å². The van der Waals surface area contributed by atoms with Crippen molar-refractivity contribution < 1.29 is 0 Å². The van der Waals surface area contributed by atoms with Crippen molar-refractivity contribution in [3.63, 3.8) is 0 Å². The second kappa shape index (κ2) is 10.4. The van der Waals surface area contributed by atoms with Crippen LogP contribution in [0.4, 0.5) is 11.8 Å². The van der Waals surface area contributed by atoms with E-state index < -0.39 is 0 Å². The van der Waals surface area contributed by atoms with Crippen LogP contribution in [0.15, 0.2) is 36.4 Å². The number of nitrogens with one attached hydrogen (secondary N) is 2. The number of aromatic amines is 1. The molecule has 0 radical (unpaired) electrons. The molecule has 1 aliphatic rings. The van der Waals surface area contributed by atoms with Crippen LogP contribution in [0.2, 0.25) is 0 Å². The molecule has 1 fully saturated rings. The Kier molecular flexibility index (Phi) is 7.19. The van der Waals surface area contributed by atoms with E-state index in [-0.39, 0.29) is 0 Å². The number of rotatable bonds is 10. The number of aromatic nitrogens is 3. The van der Waals surface area contributed by atoms with Gasteiger partial charge in [-0.15, -0.1) is 0 Å². The number of hydrogen-bond acceptors (Lipinski definition) is 5. The molecule has 0 amide bonds. The summed E-state index contributed by atoms with van der Waals surface area (Å²) in [6, 6.07) is 12.6. The SMILES string of the molecule is NCCCCCCCNc1nc(N2CCCCC2)c2[nH]c(-c3ccccc3)cc2n1. The standard InChI is InChI=1S/C24H34N6/c25-14-8-2-1-3-9-15-26-24-28-21-18-20(19-12-6-4-7-13-19)27-22(21)23(29-24)30-16-10-5-11-17-30/h4,6-7,12-13,18,27H,1-3,5,8-11,14-17,25H2,(H,26,28,29). The molecule has 4 rings (SSSR count). The zero-order valence-corrected chi connectivity index (χ0v) is 17.9. The van der Waals surface area contributed by atoms with Gasteiger partial charge in [0, 0.05) is 25.3 Å². The lowest BCUT2D eigenvalue weighted by molar-refractivity contribution is 0.574. The molecule has 0 spiro atoms. The second-order valence-electron chi connectivity index (χ2n) is 8.21. The van der Waals surface area contributed by atoms with Crippen molar-refractivity contribution >= 4 is 22.8 Å². The molecule has 3 heterocycles. The fourth-order valence-electron chi connectivity index (χ4n) is 4.18. The average molecular weight is 407 g/mol. The predicted octanol–water partition coefficient (Wildman–Crippen LogP) is 4.94. The highest BCUT2D eigenvalue weighted by Gasteiger charge is 2.19. The van der Waals surface area contributed by atoms with Crippen molar-refractivity contribution in [2.45, 2.75) is 51.4 Å². The van der Waals surface area contributed by atoms with E-state index in [4.69, 9.17) is 15.7 Å². The Morgan fingerprint density at radius 3 is 2.50 bits per heavy atom.